The Morgan fingerprint density at radius 2 is 1.84 bits per heavy atom. The van der Waals surface area contributed by atoms with Crippen LogP contribution in [0.2, 0.25) is 5.02 Å². The van der Waals surface area contributed by atoms with Crippen molar-refractivity contribution in [3.63, 3.8) is 0 Å². The molecule has 3 aromatic rings. The zero-order valence-electron chi connectivity index (χ0n) is 21.3. The largest absolute Gasteiger partial charge is 0.492 e. The molecule has 0 spiro atoms. The van der Waals surface area contributed by atoms with Gasteiger partial charge in [-0.1, -0.05) is 41.4 Å². The lowest BCUT2D eigenvalue weighted by molar-refractivity contribution is -0.120. The minimum absolute atomic E-state index is 0.0178. The molecule has 9 heteroatoms. The van der Waals surface area contributed by atoms with Crippen LogP contribution < -0.4 is 19.1 Å². The Kier molecular flexibility index (Phi) is 7.71. The summed E-state index contributed by atoms with van der Waals surface area (Å²) in [4.78, 5) is 13.5. The quantitative estimate of drug-likeness (QED) is 0.397. The van der Waals surface area contributed by atoms with E-state index in [1.807, 2.05) is 45.9 Å². The van der Waals surface area contributed by atoms with E-state index in [1.54, 1.807) is 24.3 Å². The summed E-state index contributed by atoms with van der Waals surface area (Å²) in [6.07, 6.45) is 0.536. The number of sulfonamides is 1. The maximum absolute atomic E-state index is 13.8. The topological polar surface area (TPSA) is 84.9 Å². The zero-order valence-corrected chi connectivity index (χ0v) is 22.9. The molecule has 0 aliphatic carbocycles. The molecule has 37 heavy (non-hydrogen) atoms. The number of halogens is 1. The smallest absolute Gasteiger partial charge is 0.264 e. The number of benzene rings is 3. The lowest BCUT2D eigenvalue weighted by atomic mass is 9.89. The van der Waals surface area contributed by atoms with Gasteiger partial charge in [-0.05, 0) is 70.2 Å². The van der Waals surface area contributed by atoms with Crippen LogP contribution in [0.1, 0.15) is 44.4 Å². The van der Waals surface area contributed by atoms with Gasteiger partial charge in [-0.15, -0.1) is 0 Å². The van der Waals surface area contributed by atoms with Crippen LogP contribution in [0.25, 0.3) is 0 Å². The van der Waals surface area contributed by atoms with Gasteiger partial charge in [-0.3, -0.25) is 9.10 Å². The normalized spacial score (nSPS) is 16.3. The molecule has 1 aliphatic heterocycles. The first kappa shape index (κ1) is 26.8. The maximum Gasteiger partial charge on any atom is 0.264 e. The number of nitrogens with one attached hydrogen (secondary N) is 1. The molecule has 3 aromatic carbocycles. The van der Waals surface area contributed by atoms with Crippen molar-refractivity contribution in [3.8, 4) is 11.5 Å². The number of anilines is 1. The van der Waals surface area contributed by atoms with Crippen LogP contribution in [0.5, 0.6) is 11.5 Å². The molecule has 1 amide bonds. The standard InChI is InChI=1S/C28H31ClN2O5S/c1-5-35-26-9-7-6-8-24(26)31(37(33,34)21-13-11-20(29)12-14-21)18-27(32)30-23-17-28(3,4)36-25-15-10-19(2)16-22(23)25/h6-16,23H,5,17-18H2,1-4H3,(H,30,32). The summed E-state index contributed by atoms with van der Waals surface area (Å²) in [6.45, 7) is 7.62. The summed E-state index contributed by atoms with van der Waals surface area (Å²) in [6, 6.07) is 18.1. The average molecular weight is 543 g/mol. The van der Waals surface area contributed by atoms with Gasteiger partial charge in [-0.25, -0.2) is 8.42 Å². The third kappa shape index (κ3) is 6.02. The summed E-state index contributed by atoms with van der Waals surface area (Å²) in [5.41, 5.74) is 1.68. The van der Waals surface area contributed by atoms with Crippen molar-refractivity contribution in [2.75, 3.05) is 17.5 Å². The Labute approximate surface area is 223 Å². The van der Waals surface area contributed by atoms with Crippen LogP contribution >= 0.6 is 11.6 Å². The van der Waals surface area contributed by atoms with Crippen molar-refractivity contribution >= 4 is 33.2 Å². The van der Waals surface area contributed by atoms with Gasteiger partial charge in [0, 0.05) is 17.0 Å². The summed E-state index contributed by atoms with van der Waals surface area (Å²) >= 11 is 5.99. The van der Waals surface area contributed by atoms with E-state index in [9.17, 15) is 13.2 Å². The highest BCUT2D eigenvalue weighted by Gasteiger charge is 2.36. The molecule has 0 aromatic heterocycles. The summed E-state index contributed by atoms with van der Waals surface area (Å²) in [7, 11) is -4.13. The Morgan fingerprint density at radius 3 is 2.54 bits per heavy atom. The maximum atomic E-state index is 13.8. The molecular formula is C28H31ClN2O5S. The molecule has 1 unspecified atom stereocenters. The van der Waals surface area contributed by atoms with Crippen molar-refractivity contribution in [2.24, 2.45) is 0 Å². The molecule has 0 fully saturated rings. The molecule has 1 heterocycles. The van der Waals surface area contributed by atoms with Crippen molar-refractivity contribution in [2.45, 2.75) is 50.7 Å². The number of rotatable bonds is 8. The van der Waals surface area contributed by atoms with Crippen LogP contribution in [-0.4, -0.2) is 33.1 Å². The molecule has 1 atom stereocenters. The van der Waals surface area contributed by atoms with E-state index in [4.69, 9.17) is 21.1 Å². The molecule has 196 valence electrons. The molecule has 0 saturated carbocycles. The number of fused-ring (bicyclic) bond motifs is 1. The van der Waals surface area contributed by atoms with Gasteiger partial charge in [0.1, 0.15) is 23.6 Å². The number of carbonyl (C=O) groups excluding carboxylic acids is 1. The molecule has 1 aliphatic rings. The summed E-state index contributed by atoms with van der Waals surface area (Å²) < 4.78 is 40.5. The number of amides is 1. The van der Waals surface area contributed by atoms with Crippen molar-refractivity contribution < 1.29 is 22.7 Å². The Balaban J connectivity index is 1.69. The number of nitrogens with zero attached hydrogens (tertiary/aromatic N) is 1. The first-order valence-electron chi connectivity index (χ1n) is 12.1. The third-order valence-electron chi connectivity index (χ3n) is 6.08. The molecule has 4 rings (SSSR count). The zero-order chi connectivity index (χ0) is 26.8. The average Bonchev–Trinajstić information content (AvgIpc) is 2.83. The molecule has 0 radical (unpaired) electrons. The number of carbonyl (C=O) groups is 1. The van der Waals surface area contributed by atoms with Crippen LogP contribution in [0, 0.1) is 6.92 Å². The third-order valence-corrected chi connectivity index (χ3v) is 8.11. The molecule has 1 N–H and O–H groups in total. The molecule has 0 saturated heterocycles. The van der Waals surface area contributed by atoms with Gasteiger partial charge in [0.2, 0.25) is 5.91 Å². The van der Waals surface area contributed by atoms with Gasteiger partial charge < -0.3 is 14.8 Å². The first-order valence-corrected chi connectivity index (χ1v) is 13.9. The fourth-order valence-corrected chi connectivity index (χ4v) is 6.00. The fraction of sp³-hybridized carbons (Fsp3) is 0.321. The molecule has 0 bridgehead atoms. The number of aryl methyl sites for hydroxylation is 1. The predicted molar refractivity (Wildman–Crippen MR) is 145 cm³/mol. The summed E-state index contributed by atoms with van der Waals surface area (Å²) in [5, 5.41) is 3.47. The van der Waals surface area contributed by atoms with Crippen LogP contribution in [0.4, 0.5) is 5.69 Å². The highest BCUT2D eigenvalue weighted by molar-refractivity contribution is 7.92. The number of hydrogen-bond acceptors (Lipinski definition) is 5. The van der Waals surface area contributed by atoms with Gasteiger partial charge in [0.05, 0.1) is 23.2 Å². The minimum atomic E-state index is -4.13. The second-order valence-electron chi connectivity index (χ2n) is 9.59. The van der Waals surface area contributed by atoms with E-state index < -0.39 is 28.1 Å². The highest BCUT2D eigenvalue weighted by Crippen LogP contribution is 2.40. The lowest BCUT2D eigenvalue weighted by Crippen LogP contribution is -2.45. The Morgan fingerprint density at radius 1 is 1.14 bits per heavy atom. The van der Waals surface area contributed by atoms with Crippen molar-refractivity contribution in [1.82, 2.24) is 5.32 Å². The molecular weight excluding hydrogens is 512 g/mol. The van der Waals surface area contributed by atoms with E-state index in [-0.39, 0.29) is 16.6 Å². The van der Waals surface area contributed by atoms with E-state index in [1.165, 1.54) is 24.3 Å². The van der Waals surface area contributed by atoms with E-state index in [0.717, 1.165) is 15.4 Å². The lowest BCUT2D eigenvalue weighted by Gasteiger charge is -2.38. The SMILES string of the molecule is CCOc1ccccc1N(CC(=O)NC1CC(C)(C)Oc2ccc(C)cc21)S(=O)(=O)c1ccc(Cl)cc1. The van der Waals surface area contributed by atoms with E-state index in [0.29, 0.717) is 29.5 Å². The van der Waals surface area contributed by atoms with Gasteiger partial charge in [0.15, 0.2) is 0 Å². The van der Waals surface area contributed by atoms with E-state index >= 15 is 0 Å². The highest BCUT2D eigenvalue weighted by atomic mass is 35.5. The summed E-state index contributed by atoms with van der Waals surface area (Å²) in [5.74, 6) is 0.627. The predicted octanol–water partition coefficient (Wildman–Crippen LogP) is 5.66. The minimum Gasteiger partial charge on any atom is -0.492 e. The van der Waals surface area contributed by atoms with Crippen LogP contribution in [-0.2, 0) is 14.8 Å². The number of para-hydroxylation sites is 2. The Hall–Kier alpha value is -3.23. The Bertz CT molecular complexity index is 1390. The second kappa shape index (κ2) is 10.6. The second-order valence-corrected chi connectivity index (χ2v) is 11.9. The van der Waals surface area contributed by atoms with Crippen LogP contribution in [0.15, 0.2) is 71.6 Å². The number of hydrogen-bond donors (Lipinski definition) is 1. The van der Waals surface area contributed by atoms with Crippen molar-refractivity contribution in [1.29, 1.82) is 0 Å². The molecule has 7 nitrogen and oxygen atoms in total. The van der Waals surface area contributed by atoms with Gasteiger partial charge in [-0.2, -0.15) is 0 Å². The number of ether oxygens (including phenoxy) is 2. The monoisotopic (exact) mass is 542 g/mol. The van der Waals surface area contributed by atoms with Crippen LogP contribution in [0.3, 0.4) is 0 Å². The van der Waals surface area contributed by atoms with E-state index in [2.05, 4.69) is 5.32 Å². The fourth-order valence-electron chi connectivity index (χ4n) is 4.45. The van der Waals surface area contributed by atoms with Gasteiger partial charge >= 0.3 is 0 Å². The van der Waals surface area contributed by atoms with Gasteiger partial charge in [0.25, 0.3) is 10.0 Å². The first-order chi connectivity index (χ1) is 17.5. The van der Waals surface area contributed by atoms with Crippen molar-refractivity contribution in [3.05, 3.63) is 82.9 Å².